The van der Waals surface area contributed by atoms with Crippen LogP contribution in [-0.2, 0) is 0 Å². The van der Waals surface area contributed by atoms with Crippen LogP contribution in [0, 0.1) is 190 Å². The van der Waals surface area contributed by atoms with E-state index < -0.39 is 16.9 Å². The van der Waals surface area contributed by atoms with Crippen molar-refractivity contribution in [3.8, 4) is 212 Å². The fraction of sp³-hybridized carbons (Fsp3) is 0.183. The Morgan fingerprint density at radius 2 is 0.703 bits per heavy atom. The van der Waals surface area contributed by atoms with Crippen LogP contribution in [0.25, 0.3) is 42.4 Å². The van der Waals surface area contributed by atoms with Gasteiger partial charge in [-0.25, -0.2) is 0 Å². The molecular weight excluding hydrogens is 1390 g/mol. The molecule has 2 unspecified atom stereocenters. The number of unbranched alkanes of at least 4 members (excludes halogenated alkanes) is 13. The zero-order valence-electron chi connectivity index (χ0n) is 56.2. The molecule has 3 aliphatic heterocycles. The summed E-state index contributed by atoms with van der Waals surface area (Å²) in [5.41, 5.74) is 17.2. The van der Waals surface area contributed by atoms with E-state index in [0.29, 0.717) is 0 Å². The van der Waals surface area contributed by atoms with Gasteiger partial charge in [-0.15, -0.1) is 12.0 Å². The smallest absolute Gasteiger partial charge is 0.186 e. The van der Waals surface area contributed by atoms with Gasteiger partial charge in [0.1, 0.15) is 8.07 Å². The van der Waals surface area contributed by atoms with Gasteiger partial charge in [-0.1, -0.05) is 188 Å². The van der Waals surface area contributed by atoms with Crippen molar-refractivity contribution in [2.45, 2.75) is 109 Å². The largest absolute Gasteiger partial charge is 0.354 e. The molecule has 8 aromatic rings. The van der Waals surface area contributed by atoms with E-state index in [1.807, 2.05) is 0 Å². The number of aromatic amines is 4. The van der Waals surface area contributed by atoms with Gasteiger partial charge >= 0.3 is 0 Å². The number of nitrogens with one attached hydrogen (secondary N) is 4. The van der Waals surface area contributed by atoms with Crippen molar-refractivity contribution in [2.75, 3.05) is 0 Å². The molecule has 0 saturated carbocycles. The van der Waals surface area contributed by atoms with E-state index in [1.165, 1.54) is 134 Å². The average Bonchev–Trinajstić information content (AvgIpc) is 1.58. The van der Waals surface area contributed by atoms with E-state index in [0.717, 1.165) is 69.8 Å². The van der Waals surface area contributed by atoms with Crippen molar-refractivity contribution >= 4 is 89.6 Å². The van der Waals surface area contributed by atoms with Crippen LogP contribution < -0.4 is 42.1 Å². The maximum atomic E-state index is 5.00. The normalized spacial score (nSPS) is 12.8. The predicted octanol–water partition coefficient (Wildman–Crippen LogP) is 11.1. The predicted molar refractivity (Wildman–Crippen MR) is 429 cm³/mol. The zero-order valence-corrected chi connectivity index (χ0v) is 61.5. The molecule has 11 rings (SSSR count). The maximum Gasteiger partial charge on any atom is 0.186 e. The number of hydrogen-bond acceptors (Lipinski definition) is 0. The summed E-state index contributed by atoms with van der Waals surface area (Å²) in [6.45, 7) is 4.93. The molecule has 0 saturated heterocycles. The first-order chi connectivity index (χ1) is 49.8. The Morgan fingerprint density at radius 1 is 0.337 bits per heavy atom. The Balaban J connectivity index is 0.795. The summed E-state index contributed by atoms with van der Waals surface area (Å²) in [5.74, 6) is 77.8. The van der Waals surface area contributed by atoms with Crippen molar-refractivity contribution in [2.24, 2.45) is 0 Å². The molecule has 3 aliphatic rings. The Labute approximate surface area is 614 Å². The molecule has 101 heavy (non-hydrogen) atoms. The molecule has 4 N–H and O–H groups in total. The van der Waals surface area contributed by atoms with Crippen LogP contribution in [0.1, 0.15) is 131 Å². The number of fused-ring (bicyclic) bond motifs is 14. The van der Waals surface area contributed by atoms with Gasteiger partial charge in [0.05, 0.1) is 31.1 Å². The molecule has 4 aromatic carbocycles. The van der Waals surface area contributed by atoms with Crippen LogP contribution in [0.15, 0.2) is 133 Å². The minimum absolute atomic E-state index is 0.930. The summed E-state index contributed by atoms with van der Waals surface area (Å²) < 4.78 is 1.86. The van der Waals surface area contributed by atoms with Crippen LogP contribution in [0.3, 0.4) is 0 Å². The third kappa shape index (κ3) is 18.1. The van der Waals surface area contributed by atoms with Gasteiger partial charge in [0.25, 0.3) is 0 Å². The first-order valence-corrected chi connectivity index (χ1v) is 39.9. The first kappa shape index (κ1) is 70.2. The van der Waals surface area contributed by atoms with Crippen molar-refractivity contribution in [3.05, 3.63) is 189 Å². The first-order valence-electron chi connectivity index (χ1n) is 33.9. The monoisotopic (exact) mass is 1450 g/mol. The van der Waals surface area contributed by atoms with E-state index >= 15 is 0 Å². The molecule has 7 heterocycles. The highest BCUT2D eigenvalue weighted by Gasteiger charge is 2.41. The molecule has 4 nitrogen and oxygen atoms in total. The van der Waals surface area contributed by atoms with E-state index in [1.54, 1.807) is 10.4 Å². The van der Waals surface area contributed by atoms with Gasteiger partial charge in [0.15, 0.2) is 8.80 Å². The van der Waals surface area contributed by atoms with Gasteiger partial charge in [-0.3, -0.25) is 0 Å². The Kier molecular flexibility index (Phi) is 25.3. The molecule has 8 bridgehead atoms. The lowest BCUT2D eigenvalue weighted by molar-refractivity contribution is 0.538. The third-order valence-electron chi connectivity index (χ3n) is 17.8. The molecule has 0 spiro atoms. The number of terminal acetylenes is 1. The Morgan fingerprint density at radius 3 is 1.18 bits per heavy atom. The van der Waals surface area contributed by atoms with E-state index in [9.17, 15) is 0 Å². The Bertz CT molecular complexity index is 5980. The molecule has 0 aliphatic carbocycles. The van der Waals surface area contributed by atoms with Crippen LogP contribution in [0.2, 0.25) is 12.6 Å². The van der Waals surface area contributed by atoms with Crippen LogP contribution >= 0.6 is 31.9 Å². The van der Waals surface area contributed by atoms with Crippen molar-refractivity contribution in [1.29, 1.82) is 0 Å². The molecule has 478 valence electrons. The summed E-state index contributed by atoms with van der Waals surface area (Å²) in [4.78, 5) is 15.5. The average molecular weight is 1450 g/mol. The third-order valence-corrected chi connectivity index (χ3v) is 26.7. The SMILES string of the molecule is C#CC#CC#CC#CC#CC#CC#CC#CC#CC#CC#CC#CC#CC#CC#CC#C[SiH]1c2ccccc2-c2ccc(C3=c4ccc([nH]4)=C(Br)c4ccc([nH]4)C(c4ccc5c(c4)[Si](C)(CCCCCCCCCCCCCCCC)c4ccccc4-5)=c4ccc([nH]4)=C(Br)c4ccc3[nH]4)cc21. The standard InChI is InChI=1S/C93H64Br2N4Si2/c1-4-6-8-10-12-14-16-18-20-21-22-23-24-25-26-27-28-29-30-31-32-33-34-35-36-38-40-42-44-50-68-100-86-54-48-46-52-74(86)75-58-56-72(70-87(75)100)90-78-60-64-82(96-78)92(94)84-66-62-80(98-84)91(81-63-67-85(99-81)93(95)83-65-61-79(90)97-83)73-57-59-77-76-53-47-49-55-88(76)101(3,89(77)71-73)69-51-45-43-41-39-37-19-17-15-13-11-9-7-5-2/h1,46-49,52-67,70-71,96-100H,5,7,9,11,13,15,17,19,37,39,41,43,45,51,69H2,2-3H3. The molecule has 0 fully saturated rings. The van der Waals surface area contributed by atoms with E-state index in [4.69, 9.17) is 6.42 Å². The van der Waals surface area contributed by atoms with Gasteiger partial charge in [0.2, 0.25) is 0 Å². The fourth-order valence-corrected chi connectivity index (χ4v) is 21.0. The van der Waals surface area contributed by atoms with Crippen LogP contribution in [0.4, 0.5) is 0 Å². The van der Waals surface area contributed by atoms with Gasteiger partial charge in [-0.2, -0.15) is 0 Å². The summed E-state index contributed by atoms with van der Waals surface area (Å²) >= 11 is 8.18. The van der Waals surface area contributed by atoms with E-state index in [-0.39, 0.29) is 0 Å². The van der Waals surface area contributed by atoms with Gasteiger partial charge in [0, 0.05) is 116 Å². The van der Waals surface area contributed by atoms with Gasteiger partial charge < -0.3 is 19.9 Å². The van der Waals surface area contributed by atoms with Crippen molar-refractivity contribution in [1.82, 2.24) is 19.9 Å². The maximum absolute atomic E-state index is 5.00. The summed E-state index contributed by atoms with van der Waals surface area (Å²) in [6, 6.07) is 50.7. The lowest BCUT2D eigenvalue weighted by Gasteiger charge is -2.25. The molecule has 0 amide bonds. The number of benzene rings is 4. The second-order valence-corrected chi connectivity index (χ2v) is 32.5. The topological polar surface area (TPSA) is 63.2 Å². The lowest BCUT2D eigenvalue weighted by Crippen LogP contribution is -2.52. The highest BCUT2D eigenvalue weighted by molar-refractivity contribution is 9.15. The minimum atomic E-state index is -2.09. The highest BCUT2D eigenvalue weighted by Crippen LogP contribution is 2.35. The van der Waals surface area contributed by atoms with Crippen molar-refractivity contribution in [3.63, 3.8) is 0 Å². The molecule has 0 radical (unpaired) electrons. The lowest BCUT2D eigenvalue weighted by atomic mass is 9.98. The van der Waals surface area contributed by atoms with Gasteiger partial charge in [-0.05, 0) is 235 Å². The summed E-state index contributed by atoms with van der Waals surface area (Å²) in [7, 11) is -4.17. The van der Waals surface area contributed by atoms with Crippen molar-refractivity contribution < 1.29 is 0 Å². The second kappa shape index (κ2) is 36.4. The number of halogens is 2. The molecule has 8 heteroatoms. The summed E-state index contributed by atoms with van der Waals surface area (Å²) in [5, 5.41) is 9.54. The number of H-pyrrole nitrogens is 4. The van der Waals surface area contributed by atoms with Crippen LogP contribution in [0.5, 0.6) is 0 Å². The molecule has 4 aromatic heterocycles. The fourth-order valence-electron chi connectivity index (χ4n) is 13.1. The van der Waals surface area contributed by atoms with E-state index in [2.05, 4.69) is 382 Å². The number of aromatic nitrogens is 4. The highest BCUT2D eigenvalue weighted by atomic mass is 79.9. The van der Waals surface area contributed by atoms with Crippen LogP contribution in [-0.4, -0.2) is 36.8 Å². The minimum Gasteiger partial charge on any atom is -0.354 e. The molecular formula is C93H64Br2N4Si2. The summed E-state index contributed by atoms with van der Waals surface area (Å²) in [6.07, 6.45) is 24.2. The zero-order chi connectivity index (χ0) is 69.7. The quantitative estimate of drug-likeness (QED) is 0.0399. The second-order valence-electron chi connectivity index (χ2n) is 24.2. The number of hydrogen-bond donors (Lipinski definition) is 4. The Hall–Kier alpha value is -12.2. The molecule has 2 atom stereocenters. The number of rotatable bonds is 17.